The van der Waals surface area contributed by atoms with Crippen LogP contribution in [0.15, 0.2) is 48.5 Å². The number of likely N-dealkylation sites (tertiary alicyclic amines) is 1. The Bertz CT molecular complexity index is 1110. The number of carbonyl (C=O) groups is 2. The highest BCUT2D eigenvalue weighted by molar-refractivity contribution is 5.99. The molecule has 1 fully saturated rings. The number of rotatable bonds is 4. The average molecular weight is 432 g/mol. The first-order valence-corrected chi connectivity index (χ1v) is 9.71. The monoisotopic (exact) mass is 432 g/mol. The minimum atomic E-state index is -4.79. The lowest BCUT2D eigenvalue weighted by molar-refractivity contribution is -0.274. The molecule has 9 heteroatoms. The highest BCUT2D eigenvalue weighted by Crippen LogP contribution is 2.28. The van der Waals surface area contributed by atoms with E-state index < -0.39 is 6.36 Å². The Morgan fingerprint density at radius 3 is 2.35 bits per heavy atom. The summed E-state index contributed by atoms with van der Waals surface area (Å²) in [6, 6.07) is 11.5. The van der Waals surface area contributed by atoms with E-state index in [1.165, 1.54) is 30.3 Å². The summed E-state index contributed by atoms with van der Waals surface area (Å²) in [7, 11) is 0. The number of H-pyrrole nitrogens is 1. The van der Waals surface area contributed by atoms with Gasteiger partial charge in [-0.3, -0.25) is 9.59 Å². The summed E-state index contributed by atoms with van der Waals surface area (Å²) < 4.78 is 41.1. The van der Waals surface area contributed by atoms with Gasteiger partial charge in [0.2, 0.25) is 0 Å². The van der Waals surface area contributed by atoms with Crippen molar-refractivity contribution in [2.75, 3.05) is 13.1 Å². The van der Waals surface area contributed by atoms with Crippen LogP contribution in [-0.4, -0.2) is 46.1 Å². The summed E-state index contributed by atoms with van der Waals surface area (Å²) in [4.78, 5) is 29.9. The van der Waals surface area contributed by atoms with Crippen molar-refractivity contribution in [2.45, 2.75) is 19.2 Å². The molecular weight excluding hydrogens is 413 g/mol. The van der Waals surface area contributed by atoms with E-state index in [0.29, 0.717) is 42.4 Å². The molecule has 0 saturated carbocycles. The van der Waals surface area contributed by atoms with Gasteiger partial charge < -0.3 is 19.7 Å². The van der Waals surface area contributed by atoms with E-state index in [4.69, 9.17) is 0 Å². The van der Waals surface area contributed by atoms with Gasteiger partial charge in [-0.2, -0.15) is 0 Å². The van der Waals surface area contributed by atoms with Crippen molar-refractivity contribution in [1.82, 2.24) is 9.88 Å². The first kappa shape index (κ1) is 20.8. The number of phenols is 1. The van der Waals surface area contributed by atoms with E-state index in [1.54, 1.807) is 23.1 Å². The summed E-state index contributed by atoms with van der Waals surface area (Å²) in [5.74, 6) is -0.778. The number of benzene rings is 2. The molecule has 0 aliphatic carbocycles. The lowest BCUT2D eigenvalue weighted by Gasteiger charge is -2.31. The van der Waals surface area contributed by atoms with Gasteiger partial charge in [-0.05, 0) is 55.3 Å². The molecule has 0 bridgehead atoms. The van der Waals surface area contributed by atoms with Crippen LogP contribution in [0.1, 0.15) is 33.7 Å². The Kier molecular flexibility index (Phi) is 5.34. The first-order chi connectivity index (χ1) is 14.7. The fraction of sp³-hybridized carbons (Fsp3) is 0.273. The molecule has 0 unspecified atom stereocenters. The number of ketones is 1. The number of hydrogen-bond acceptors (Lipinski definition) is 4. The molecule has 0 radical (unpaired) electrons. The molecule has 3 aromatic rings. The Morgan fingerprint density at radius 1 is 1.03 bits per heavy atom. The van der Waals surface area contributed by atoms with Crippen molar-refractivity contribution in [3.05, 3.63) is 59.8 Å². The molecule has 4 rings (SSSR count). The normalized spacial score (nSPS) is 15.3. The third kappa shape index (κ3) is 4.65. The SMILES string of the molecule is O=C(c1ccc(O)cc1)C1CCN(C(=O)c2cc3ccc(OC(F)(F)F)cc3[nH]2)CC1. The van der Waals surface area contributed by atoms with E-state index >= 15 is 0 Å². The maximum Gasteiger partial charge on any atom is 0.573 e. The number of aromatic amines is 1. The van der Waals surface area contributed by atoms with E-state index in [2.05, 4.69) is 9.72 Å². The van der Waals surface area contributed by atoms with Gasteiger partial charge in [0.1, 0.15) is 17.2 Å². The maximum atomic E-state index is 12.8. The number of alkyl halides is 3. The smallest absolute Gasteiger partial charge is 0.508 e. The van der Waals surface area contributed by atoms with Crippen molar-refractivity contribution in [1.29, 1.82) is 0 Å². The van der Waals surface area contributed by atoms with Gasteiger partial charge in [-0.25, -0.2) is 0 Å². The molecular formula is C22H19F3N2O4. The van der Waals surface area contributed by atoms with Crippen LogP contribution in [0.25, 0.3) is 10.9 Å². The minimum Gasteiger partial charge on any atom is -0.508 e. The first-order valence-electron chi connectivity index (χ1n) is 9.71. The second-order valence-corrected chi connectivity index (χ2v) is 7.46. The molecule has 1 aromatic heterocycles. The highest BCUT2D eigenvalue weighted by atomic mass is 19.4. The molecule has 2 N–H and O–H groups in total. The number of carbonyl (C=O) groups excluding carboxylic acids is 2. The van der Waals surface area contributed by atoms with Gasteiger partial charge in [0.15, 0.2) is 5.78 Å². The van der Waals surface area contributed by atoms with Crippen LogP contribution in [0, 0.1) is 5.92 Å². The van der Waals surface area contributed by atoms with Gasteiger partial charge >= 0.3 is 6.36 Å². The van der Waals surface area contributed by atoms with Crippen LogP contribution in [0.4, 0.5) is 13.2 Å². The Hall–Kier alpha value is -3.49. The topological polar surface area (TPSA) is 82.6 Å². The van der Waals surface area contributed by atoms with Crippen molar-refractivity contribution in [3.63, 3.8) is 0 Å². The standard InChI is InChI=1S/C22H19F3N2O4/c23-22(24,25)31-17-6-3-15-11-19(26-18(15)12-17)21(30)27-9-7-14(8-10-27)20(29)13-1-4-16(28)5-2-13/h1-6,11-12,14,26,28H,7-10H2. The van der Waals surface area contributed by atoms with Gasteiger partial charge in [-0.1, -0.05) is 0 Å². The van der Waals surface area contributed by atoms with Crippen LogP contribution < -0.4 is 4.74 Å². The molecule has 162 valence electrons. The van der Waals surface area contributed by atoms with Crippen LogP contribution >= 0.6 is 0 Å². The highest BCUT2D eigenvalue weighted by Gasteiger charge is 2.31. The number of aromatic hydroxyl groups is 1. The molecule has 0 atom stereocenters. The second kappa shape index (κ2) is 7.98. The third-order valence-corrected chi connectivity index (χ3v) is 5.36. The van der Waals surface area contributed by atoms with Crippen molar-refractivity contribution in [2.24, 2.45) is 5.92 Å². The lowest BCUT2D eigenvalue weighted by Crippen LogP contribution is -2.40. The summed E-state index contributed by atoms with van der Waals surface area (Å²) in [5, 5.41) is 9.95. The summed E-state index contributed by atoms with van der Waals surface area (Å²) in [6.45, 7) is 0.788. The van der Waals surface area contributed by atoms with Crippen LogP contribution in [0.5, 0.6) is 11.5 Å². The number of nitrogens with one attached hydrogen (secondary N) is 1. The van der Waals surface area contributed by atoms with Gasteiger partial charge in [0, 0.05) is 41.5 Å². The van der Waals surface area contributed by atoms with Crippen molar-refractivity contribution < 1.29 is 32.6 Å². The van der Waals surface area contributed by atoms with Gasteiger partial charge in [-0.15, -0.1) is 13.2 Å². The fourth-order valence-electron chi connectivity index (χ4n) is 3.80. The molecule has 1 aliphatic heterocycles. The second-order valence-electron chi connectivity index (χ2n) is 7.46. The number of fused-ring (bicyclic) bond motifs is 1. The predicted octanol–water partition coefficient (Wildman–Crippen LogP) is 4.51. The van der Waals surface area contributed by atoms with Crippen molar-refractivity contribution >= 4 is 22.6 Å². The number of nitrogens with zero attached hydrogens (tertiary/aromatic N) is 1. The van der Waals surface area contributed by atoms with Crippen LogP contribution in [0.3, 0.4) is 0 Å². The van der Waals surface area contributed by atoms with Gasteiger partial charge in [0.05, 0.1) is 0 Å². The quantitative estimate of drug-likeness (QED) is 0.595. The number of amides is 1. The zero-order valence-electron chi connectivity index (χ0n) is 16.3. The zero-order chi connectivity index (χ0) is 22.2. The lowest BCUT2D eigenvalue weighted by atomic mass is 9.89. The van der Waals surface area contributed by atoms with Crippen LogP contribution in [0.2, 0.25) is 0 Å². The number of phenolic OH excluding ortho intramolecular Hbond substituents is 1. The number of Topliss-reactive ketones (excluding diaryl/α,β-unsaturated/α-hetero) is 1. The van der Waals surface area contributed by atoms with E-state index in [1.807, 2.05) is 0 Å². The third-order valence-electron chi connectivity index (χ3n) is 5.36. The Morgan fingerprint density at radius 2 is 1.71 bits per heavy atom. The Balaban J connectivity index is 1.41. The largest absolute Gasteiger partial charge is 0.573 e. The van der Waals surface area contributed by atoms with E-state index in [-0.39, 0.29) is 34.8 Å². The minimum absolute atomic E-state index is 0.0186. The number of aromatic nitrogens is 1. The molecule has 2 heterocycles. The summed E-state index contributed by atoms with van der Waals surface area (Å²) >= 11 is 0. The molecule has 0 spiro atoms. The number of piperidine rings is 1. The summed E-state index contributed by atoms with van der Waals surface area (Å²) in [5.41, 5.74) is 1.15. The Labute approximate surface area is 175 Å². The van der Waals surface area contributed by atoms with E-state index in [0.717, 1.165) is 0 Å². The maximum absolute atomic E-state index is 12.8. The summed E-state index contributed by atoms with van der Waals surface area (Å²) in [6.07, 6.45) is -3.77. The zero-order valence-corrected chi connectivity index (χ0v) is 16.3. The molecule has 2 aromatic carbocycles. The van der Waals surface area contributed by atoms with E-state index in [9.17, 15) is 27.9 Å². The van der Waals surface area contributed by atoms with Crippen LogP contribution in [-0.2, 0) is 0 Å². The molecule has 6 nitrogen and oxygen atoms in total. The number of ether oxygens (including phenoxy) is 1. The van der Waals surface area contributed by atoms with Crippen molar-refractivity contribution in [3.8, 4) is 11.5 Å². The number of hydrogen-bond donors (Lipinski definition) is 2. The number of halogens is 3. The van der Waals surface area contributed by atoms with Gasteiger partial charge in [0.25, 0.3) is 5.91 Å². The molecule has 31 heavy (non-hydrogen) atoms. The molecule has 1 amide bonds. The fourth-order valence-corrected chi connectivity index (χ4v) is 3.80. The predicted molar refractivity (Wildman–Crippen MR) is 106 cm³/mol. The average Bonchev–Trinajstić information content (AvgIpc) is 3.15. The molecule has 1 saturated heterocycles. The molecule has 1 aliphatic rings.